The van der Waals surface area contributed by atoms with Crippen LogP contribution in [-0.4, -0.2) is 25.8 Å². The molecule has 8 heteroatoms. The van der Waals surface area contributed by atoms with E-state index >= 15 is 0 Å². The summed E-state index contributed by atoms with van der Waals surface area (Å²) in [7, 11) is 0. The first-order chi connectivity index (χ1) is 9.97. The number of nitrogens with zero attached hydrogens (tertiary/aromatic N) is 3. The summed E-state index contributed by atoms with van der Waals surface area (Å²) in [5.41, 5.74) is -0.527. The van der Waals surface area contributed by atoms with Gasteiger partial charge in [0, 0.05) is 24.2 Å². The Labute approximate surface area is 117 Å². The zero-order chi connectivity index (χ0) is 15.1. The maximum absolute atomic E-state index is 13.8. The third kappa shape index (κ3) is 2.35. The predicted molar refractivity (Wildman–Crippen MR) is 69.1 cm³/mol. The van der Waals surface area contributed by atoms with Crippen molar-refractivity contribution in [3.63, 3.8) is 0 Å². The molecule has 2 aromatic rings. The van der Waals surface area contributed by atoms with Crippen LogP contribution in [0.15, 0.2) is 24.4 Å². The number of nitro groups is 1. The highest BCUT2D eigenvalue weighted by Gasteiger charge is 2.28. The molecule has 0 amide bonds. The van der Waals surface area contributed by atoms with Crippen LogP contribution in [0.3, 0.4) is 0 Å². The molecule has 3 rings (SSSR count). The Morgan fingerprint density at radius 3 is 2.76 bits per heavy atom. The average molecular weight is 291 g/mol. The smallest absolute Gasteiger partial charge is 0.338 e. The van der Waals surface area contributed by atoms with E-state index in [0.717, 1.165) is 24.6 Å². The van der Waals surface area contributed by atoms with Gasteiger partial charge in [-0.25, -0.2) is 13.9 Å². The molecule has 1 aromatic carbocycles. The highest BCUT2D eigenvalue weighted by Crippen LogP contribution is 2.39. The van der Waals surface area contributed by atoms with Crippen molar-refractivity contribution in [1.82, 2.24) is 9.78 Å². The lowest BCUT2D eigenvalue weighted by molar-refractivity contribution is -0.384. The molecule has 0 bridgehead atoms. The van der Waals surface area contributed by atoms with Gasteiger partial charge in [-0.2, -0.15) is 5.10 Å². The Kier molecular flexibility index (Phi) is 2.93. The molecule has 0 aliphatic heterocycles. The van der Waals surface area contributed by atoms with Crippen molar-refractivity contribution in [2.45, 2.75) is 18.8 Å². The van der Waals surface area contributed by atoms with E-state index in [9.17, 15) is 19.3 Å². The minimum atomic E-state index is -1.55. The highest BCUT2D eigenvalue weighted by atomic mass is 19.1. The highest BCUT2D eigenvalue weighted by molar-refractivity contribution is 5.89. The Bertz CT molecular complexity index is 752. The van der Waals surface area contributed by atoms with E-state index in [1.165, 1.54) is 10.9 Å². The number of aromatic nitrogens is 2. The van der Waals surface area contributed by atoms with Gasteiger partial charge in [-0.3, -0.25) is 10.1 Å². The molecular formula is C13H10FN3O4. The number of hydrogen-bond donors (Lipinski definition) is 1. The predicted octanol–water partition coefficient (Wildman–Crippen LogP) is 2.50. The average Bonchev–Trinajstić information content (AvgIpc) is 3.15. The van der Waals surface area contributed by atoms with E-state index in [1.54, 1.807) is 6.07 Å². The van der Waals surface area contributed by atoms with E-state index < -0.39 is 28.0 Å². The van der Waals surface area contributed by atoms with E-state index in [4.69, 9.17) is 5.11 Å². The third-order valence-electron chi connectivity index (χ3n) is 3.34. The minimum Gasteiger partial charge on any atom is -0.478 e. The van der Waals surface area contributed by atoms with E-state index in [-0.39, 0.29) is 5.69 Å². The first kappa shape index (κ1) is 13.2. The summed E-state index contributed by atoms with van der Waals surface area (Å²) in [5.74, 6) is -2.23. The first-order valence-electron chi connectivity index (χ1n) is 6.24. The molecule has 0 spiro atoms. The van der Waals surface area contributed by atoms with Gasteiger partial charge < -0.3 is 5.11 Å². The zero-order valence-corrected chi connectivity index (χ0v) is 10.7. The lowest BCUT2D eigenvalue weighted by Crippen LogP contribution is -2.07. The van der Waals surface area contributed by atoms with Crippen molar-refractivity contribution in [1.29, 1.82) is 0 Å². The summed E-state index contributed by atoms with van der Waals surface area (Å²) in [6.45, 7) is 0. The van der Waals surface area contributed by atoms with Crippen LogP contribution >= 0.6 is 0 Å². The van der Waals surface area contributed by atoms with E-state index in [1.807, 2.05) is 0 Å². The molecule has 0 saturated heterocycles. The van der Waals surface area contributed by atoms with Gasteiger partial charge >= 0.3 is 5.97 Å². The number of nitro benzene ring substituents is 1. The molecule has 0 unspecified atom stereocenters. The molecule has 1 aliphatic carbocycles. The number of halogens is 1. The summed E-state index contributed by atoms with van der Waals surface area (Å²) < 4.78 is 15.0. The van der Waals surface area contributed by atoms with Gasteiger partial charge in [0.1, 0.15) is 17.1 Å². The molecule has 1 aliphatic rings. The third-order valence-corrected chi connectivity index (χ3v) is 3.34. The van der Waals surface area contributed by atoms with E-state index in [2.05, 4.69) is 5.10 Å². The second-order valence-corrected chi connectivity index (χ2v) is 4.84. The van der Waals surface area contributed by atoms with Crippen molar-refractivity contribution in [2.24, 2.45) is 0 Å². The number of hydrogen-bond acceptors (Lipinski definition) is 4. The lowest BCUT2D eigenvalue weighted by atomic mass is 10.1. The fourth-order valence-corrected chi connectivity index (χ4v) is 2.11. The molecule has 1 aromatic heterocycles. The van der Waals surface area contributed by atoms with Crippen LogP contribution in [0, 0.1) is 15.9 Å². The zero-order valence-electron chi connectivity index (χ0n) is 10.7. The number of aromatic carboxylic acids is 1. The van der Waals surface area contributed by atoms with Crippen LogP contribution < -0.4 is 0 Å². The van der Waals surface area contributed by atoms with Gasteiger partial charge in [-0.05, 0) is 18.9 Å². The fraction of sp³-hybridized carbons (Fsp3) is 0.231. The first-order valence-corrected chi connectivity index (χ1v) is 6.24. The van der Waals surface area contributed by atoms with Gasteiger partial charge in [-0.15, -0.1) is 0 Å². The fourth-order valence-electron chi connectivity index (χ4n) is 2.11. The second-order valence-electron chi connectivity index (χ2n) is 4.84. The van der Waals surface area contributed by atoms with E-state index in [0.29, 0.717) is 12.0 Å². The van der Waals surface area contributed by atoms with Crippen molar-refractivity contribution in [3.05, 3.63) is 51.6 Å². The van der Waals surface area contributed by atoms with Gasteiger partial charge in [0.05, 0.1) is 10.6 Å². The minimum absolute atomic E-state index is 0.0885. The Morgan fingerprint density at radius 1 is 1.48 bits per heavy atom. The molecule has 21 heavy (non-hydrogen) atoms. The molecule has 108 valence electrons. The van der Waals surface area contributed by atoms with Crippen LogP contribution in [0.5, 0.6) is 0 Å². The molecule has 7 nitrogen and oxygen atoms in total. The standard InChI is InChI=1S/C13H10FN3O4/c14-9-6-11(12(17(20)21)5-8(9)13(18)19)16-4-3-10(15-16)7-1-2-7/h3-7H,1-2H2,(H,18,19). The SMILES string of the molecule is O=C(O)c1cc([N+](=O)[O-])c(-n2ccc(C3CC3)n2)cc1F. The quantitative estimate of drug-likeness (QED) is 0.689. The number of carboxylic acids is 1. The topological polar surface area (TPSA) is 98.3 Å². The Balaban J connectivity index is 2.13. The monoisotopic (exact) mass is 291 g/mol. The summed E-state index contributed by atoms with van der Waals surface area (Å²) in [4.78, 5) is 21.2. The maximum Gasteiger partial charge on any atom is 0.338 e. The number of carboxylic acid groups (broad SMARTS) is 1. The molecule has 1 fully saturated rings. The van der Waals surface area contributed by atoms with Crippen molar-refractivity contribution < 1.29 is 19.2 Å². The van der Waals surface area contributed by atoms with Crippen LogP contribution in [-0.2, 0) is 0 Å². The van der Waals surface area contributed by atoms with Crippen LogP contribution in [0.2, 0.25) is 0 Å². The molecule has 0 radical (unpaired) electrons. The summed E-state index contributed by atoms with van der Waals surface area (Å²) in [6.07, 6.45) is 3.55. The largest absolute Gasteiger partial charge is 0.478 e. The normalized spacial score (nSPS) is 14.1. The maximum atomic E-state index is 13.8. The summed E-state index contributed by atoms with van der Waals surface area (Å²) in [5, 5.41) is 24.1. The van der Waals surface area contributed by atoms with Gasteiger partial charge in [0.25, 0.3) is 5.69 Å². The molecule has 1 saturated carbocycles. The molecule has 1 heterocycles. The van der Waals surface area contributed by atoms with Crippen molar-refractivity contribution >= 4 is 11.7 Å². The van der Waals surface area contributed by atoms with Gasteiger partial charge in [-0.1, -0.05) is 0 Å². The number of rotatable bonds is 4. The van der Waals surface area contributed by atoms with Crippen LogP contribution in [0.4, 0.5) is 10.1 Å². The Hall–Kier alpha value is -2.77. The van der Waals surface area contributed by atoms with Gasteiger partial charge in [0.15, 0.2) is 0 Å². The summed E-state index contributed by atoms with van der Waals surface area (Å²) in [6, 6.07) is 3.27. The van der Waals surface area contributed by atoms with Crippen molar-refractivity contribution in [2.75, 3.05) is 0 Å². The summed E-state index contributed by atoms with van der Waals surface area (Å²) >= 11 is 0. The van der Waals surface area contributed by atoms with Gasteiger partial charge in [0.2, 0.25) is 0 Å². The molecule has 0 atom stereocenters. The lowest BCUT2D eigenvalue weighted by Gasteiger charge is -2.05. The number of carbonyl (C=O) groups is 1. The van der Waals surface area contributed by atoms with Crippen molar-refractivity contribution in [3.8, 4) is 5.69 Å². The molecule has 1 N–H and O–H groups in total. The molecular weight excluding hydrogens is 281 g/mol. The van der Waals surface area contributed by atoms with Crippen LogP contribution in [0.1, 0.15) is 34.8 Å². The van der Waals surface area contributed by atoms with Crippen LogP contribution in [0.25, 0.3) is 5.69 Å². The second kappa shape index (κ2) is 4.65. The number of benzene rings is 1. The Morgan fingerprint density at radius 2 is 2.19 bits per heavy atom.